The number of carbonyl (C=O) groups is 1. The van der Waals surface area contributed by atoms with E-state index in [2.05, 4.69) is 54.5 Å². The molecule has 1 amide bonds. The van der Waals surface area contributed by atoms with Gasteiger partial charge in [0.1, 0.15) is 0 Å². The van der Waals surface area contributed by atoms with Crippen LogP contribution in [0.2, 0.25) is 0 Å². The molecule has 3 nitrogen and oxygen atoms in total. The first-order valence-corrected chi connectivity index (χ1v) is 9.39. The molecular weight excluding hydrogens is 308 g/mol. The Bertz CT molecular complexity index is 723. The number of pyridine rings is 1. The molecule has 3 heteroatoms. The summed E-state index contributed by atoms with van der Waals surface area (Å²) in [5, 5.41) is 3.04. The van der Waals surface area contributed by atoms with Crippen molar-refractivity contribution in [1.82, 2.24) is 10.3 Å². The summed E-state index contributed by atoms with van der Waals surface area (Å²) in [4.78, 5) is 16.5. The second-order valence-corrected chi connectivity index (χ2v) is 7.47. The van der Waals surface area contributed by atoms with Gasteiger partial charge < -0.3 is 5.32 Å². The lowest BCUT2D eigenvalue weighted by atomic mass is 9.82. The number of nitrogens with one attached hydrogen (secondary N) is 1. The van der Waals surface area contributed by atoms with Crippen LogP contribution < -0.4 is 5.32 Å². The van der Waals surface area contributed by atoms with Crippen molar-refractivity contribution >= 4 is 5.91 Å². The second-order valence-electron chi connectivity index (χ2n) is 7.47. The fourth-order valence-corrected chi connectivity index (χ4v) is 3.56. The van der Waals surface area contributed by atoms with Crippen LogP contribution in [0, 0.1) is 5.92 Å². The molecule has 0 spiro atoms. The summed E-state index contributed by atoms with van der Waals surface area (Å²) in [6.07, 6.45) is 8.79. The Labute approximate surface area is 150 Å². The van der Waals surface area contributed by atoms with Gasteiger partial charge in [-0.1, -0.05) is 44.2 Å². The Morgan fingerprint density at radius 1 is 1.24 bits per heavy atom. The summed E-state index contributed by atoms with van der Waals surface area (Å²) in [5.41, 5.74) is 5.25. The number of amides is 1. The molecular formula is C22H28N2O. The third-order valence-corrected chi connectivity index (χ3v) is 5.20. The number of rotatable bonds is 6. The summed E-state index contributed by atoms with van der Waals surface area (Å²) in [6, 6.07) is 10.8. The van der Waals surface area contributed by atoms with Crippen molar-refractivity contribution in [2.75, 3.05) is 0 Å². The minimum absolute atomic E-state index is 0.147. The van der Waals surface area contributed by atoms with Crippen LogP contribution in [0.4, 0.5) is 0 Å². The number of carbonyl (C=O) groups excluding carboxylic acids is 1. The van der Waals surface area contributed by atoms with Gasteiger partial charge in [-0.3, -0.25) is 9.78 Å². The fourth-order valence-electron chi connectivity index (χ4n) is 3.56. The van der Waals surface area contributed by atoms with E-state index in [4.69, 9.17) is 0 Å². The number of hydrogen-bond acceptors (Lipinski definition) is 2. The minimum atomic E-state index is 0.147. The van der Waals surface area contributed by atoms with Gasteiger partial charge >= 0.3 is 0 Å². The third kappa shape index (κ3) is 4.91. The molecule has 0 bridgehead atoms. The average molecular weight is 336 g/mol. The van der Waals surface area contributed by atoms with E-state index < -0.39 is 0 Å². The van der Waals surface area contributed by atoms with Gasteiger partial charge in [-0.05, 0) is 59.8 Å². The number of hydrogen-bond donors (Lipinski definition) is 1. The van der Waals surface area contributed by atoms with Gasteiger partial charge in [-0.2, -0.15) is 0 Å². The predicted octanol–water partition coefficient (Wildman–Crippen LogP) is 4.41. The van der Waals surface area contributed by atoms with Gasteiger partial charge in [0, 0.05) is 25.4 Å². The van der Waals surface area contributed by atoms with E-state index in [1.165, 1.54) is 23.1 Å². The maximum atomic E-state index is 12.2. The summed E-state index contributed by atoms with van der Waals surface area (Å²) < 4.78 is 0. The van der Waals surface area contributed by atoms with Crippen molar-refractivity contribution in [3.8, 4) is 0 Å². The summed E-state index contributed by atoms with van der Waals surface area (Å²) >= 11 is 0. The molecule has 132 valence electrons. The molecule has 1 heterocycles. The van der Waals surface area contributed by atoms with Crippen molar-refractivity contribution in [2.24, 2.45) is 5.92 Å². The molecule has 1 aliphatic rings. The molecule has 0 saturated heterocycles. The quantitative estimate of drug-likeness (QED) is 0.849. The van der Waals surface area contributed by atoms with Crippen LogP contribution in [0.25, 0.3) is 0 Å². The van der Waals surface area contributed by atoms with Crippen LogP contribution in [0.15, 0.2) is 42.7 Å². The van der Waals surface area contributed by atoms with E-state index in [1.54, 1.807) is 0 Å². The molecule has 1 unspecified atom stereocenters. The van der Waals surface area contributed by atoms with E-state index in [0.29, 0.717) is 24.8 Å². The predicted molar refractivity (Wildman–Crippen MR) is 101 cm³/mol. The fraction of sp³-hybridized carbons (Fsp3) is 0.455. The summed E-state index contributed by atoms with van der Waals surface area (Å²) in [7, 11) is 0. The van der Waals surface area contributed by atoms with Crippen LogP contribution in [-0.4, -0.2) is 10.9 Å². The zero-order valence-corrected chi connectivity index (χ0v) is 15.3. The van der Waals surface area contributed by atoms with Crippen molar-refractivity contribution < 1.29 is 4.79 Å². The number of aryl methyl sites for hydroxylation is 1. The van der Waals surface area contributed by atoms with Gasteiger partial charge in [0.25, 0.3) is 0 Å². The summed E-state index contributed by atoms with van der Waals surface area (Å²) in [5.74, 6) is 1.23. The second kappa shape index (κ2) is 8.28. The lowest BCUT2D eigenvalue weighted by molar-refractivity contribution is -0.121. The SMILES string of the molecule is CC(C)c1cncc(CNC(=O)CCC2CCc3ccccc3C2)c1. The van der Waals surface area contributed by atoms with Crippen LogP contribution in [0.1, 0.15) is 61.3 Å². The van der Waals surface area contributed by atoms with Crippen LogP contribution in [-0.2, 0) is 24.2 Å². The van der Waals surface area contributed by atoms with Crippen molar-refractivity contribution in [3.63, 3.8) is 0 Å². The number of fused-ring (bicyclic) bond motifs is 1. The largest absolute Gasteiger partial charge is 0.352 e. The number of nitrogens with zero attached hydrogens (tertiary/aromatic N) is 1. The third-order valence-electron chi connectivity index (χ3n) is 5.20. The molecule has 0 fully saturated rings. The molecule has 0 aliphatic heterocycles. The monoisotopic (exact) mass is 336 g/mol. The van der Waals surface area contributed by atoms with Crippen molar-refractivity contribution in [2.45, 2.75) is 58.4 Å². The zero-order valence-electron chi connectivity index (χ0n) is 15.3. The highest BCUT2D eigenvalue weighted by Gasteiger charge is 2.18. The van der Waals surface area contributed by atoms with Gasteiger partial charge in [0.15, 0.2) is 0 Å². The number of benzene rings is 1. The Kier molecular flexibility index (Phi) is 5.85. The van der Waals surface area contributed by atoms with Gasteiger partial charge in [0.05, 0.1) is 0 Å². The normalized spacial score (nSPS) is 16.5. The smallest absolute Gasteiger partial charge is 0.220 e. The first-order valence-electron chi connectivity index (χ1n) is 9.39. The Morgan fingerprint density at radius 2 is 2.04 bits per heavy atom. The van der Waals surface area contributed by atoms with Gasteiger partial charge in [-0.15, -0.1) is 0 Å². The van der Waals surface area contributed by atoms with E-state index in [9.17, 15) is 4.79 Å². The Hall–Kier alpha value is -2.16. The molecule has 2 aromatic rings. The molecule has 1 N–H and O–H groups in total. The van der Waals surface area contributed by atoms with E-state index in [1.807, 2.05) is 12.4 Å². The van der Waals surface area contributed by atoms with E-state index >= 15 is 0 Å². The first kappa shape index (κ1) is 17.7. The Balaban J connectivity index is 1.44. The van der Waals surface area contributed by atoms with Crippen molar-refractivity contribution in [3.05, 3.63) is 65.0 Å². The first-order chi connectivity index (χ1) is 12.1. The molecule has 1 aromatic heterocycles. The number of aromatic nitrogens is 1. The van der Waals surface area contributed by atoms with Crippen LogP contribution in [0.3, 0.4) is 0 Å². The highest BCUT2D eigenvalue weighted by molar-refractivity contribution is 5.75. The maximum Gasteiger partial charge on any atom is 0.220 e. The van der Waals surface area contributed by atoms with Crippen LogP contribution >= 0.6 is 0 Å². The molecule has 1 aromatic carbocycles. The zero-order chi connectivity index (χ0) is 17.6. The lowest BCUT2D eigenvalue weighted by Gasteiger charge is -2.24. The van der Waals surface area contributed by atoms with E-state index in [-0.39, 0.29) is 5.91 Å². The lowest BCUT2D eigenvalue weighted by Crippen LogP contribution is -2.24. The molecule has 3 rings (SSSR count). The molecule has 0 saturated carbocycles. The maximum absolute atomic E-state index is 12.2. The standard InChI is InChI=1S/C22H28N2O/c1-16(2)21-12-18(13-23-15-21)14-24-22(25)10-8-17-7-9-19-5-3-4-6-20(19)11-17/h3-6,12-13,15-17H,7-11,14H2,1-2H3,(H,24,25). The highest BCUT2D eigenvalue weighted by Crippen LogP contribution is 2.28. The minimum Gasteiger partial charge on any atom is -0.352 e. The topological polar surface area (TPSA) is 42.0 Å². The summed E-state index contributed by atoms with van der Waals surface area (Å²) in [6.45, 7) is 4.88. The Morgan fingerprint density at radius 3 is 2.84 bits per heavy atom. The van der Waals surface area contributed by atoms with Gasteiger partial charge in [-0.25, -0.2) is 0 Å². The van der Waals surface area contributed by atoms with Crippen LogP contribution in [0.5, 0.6) is 0 Å². The van der Waals surface area contributed by atoms with E-state index in [0.717, 1.165) is 24.8 Å². The highest BCUT2D eigenvalue weighted by atomic mass is 16.1. The molecule has 25 heavy (non-hydrogen) atoms. The van der Waals surface area contributed by atoms with Gasteiger partial charge in [0.2, 0.25) is 5.91 Å². The average Bonchev–Trinajstić information content (AvgIpc) is 2.64. The van der Waals surface area contributed by atoms with Crippen molar-refractivity contribution in [1.29, 1.82) is 0 Å². The molecule has 0 radical (unpaired) electrons. The molecule has 1 aliphatic carbocycles. The molecule has 1 atom stereocenters.